The molecule has 1 amide bonds. The molecule has 3 aromatic heterocycles. The highest BCUT2D eigenvalue weighted by molar-refractivity contribution is 8.00. The highest BCUT2D eigenvalue weighted by atomic mass is 32.2. The van der Waals surface area contributed by atoms with E-state index in [1.165, 1.54) is 22.2 Å². The Morgan fingerprint density at radius 1 is 1.23 bits per heavy atom. The molecule has 0 aliphatic rings. The number of aryl methyl sites for hydroxylation is 2. The fourth-order valence-electron chi connectivity index (χ4n) is 3.07. The molecule has 3 heterocycles. The van der Waals surface area contributed by atoms with Crippen LogP contribution in [0, 0.1) is 6.92 Å². The van der Waals surface area contributed by atoms with Crippen LogP contribution in [0.2, 0.25) is 0 Å². The molecular formula is C22H23N5O2S2. The van der Waals surface area contributed by atoms with Gasteiger partial charge in [0.1, 0.15) is 5.82 Å². The van der Waals surface area contributed by atoms with E-state index in [0.717, 1.165) is 36.1 Å². The monoisotopic (exact) mass is 453 g/mol. The Balaban J connectivity index is 1.49. The molecule has 160 valence electrons. The Bertz CT molecular complexity index is 1120. The first-order valence-electron chi connectivity index (χ1n) is 9.97. The smallest absolute Gasteiger partial charge is 0.240 e. The number of benzene rings is 1. The summed E-state index contributed by atoms with van der Waals surface area (Å²) in [4.78, 5) is 13.8. The van der Waals surface area contributed by atoms with Crippen LogP contribution in [0.5, 0.6) is 0 Å². The van der Waals surface area contributed by atoms with Crippen molar-refractivity contribution in [3.8, 4) is 0 Å². The number of rotatable bonds is 9. The quantitative estimate of drug-likeness (QED) is 0.373. The average molecular weight is 454 g/mol. The minimum Gasteiger partial charge on any atom is -0.338 e. The summed E-state index contributed by atoms with van der Waals surface area (Å²) >= 11 is 3.10. The molecule has 0 spiro atoms. The van der Waals surface area contributed by atoms with E-state index in [4.69, 9.17) is 4.52 Å². The third-order valence-corrected chi connectivity index (χ3v) is 6.66. The van der Waals surface area contributed by atoms with Crippen molar-refractivity contribution in [1.29, 1.82) is 0 Å². The SMILES string of the molecule is Cc1cc(NC(=O)C(C)Sc2nnc(Cc3cccs3)n2CCc2ccccc2)on1. The zero-order chi connectivity index (χ0) is 21.6. The third-order valence-electron chi connectivity index (χ3n) is 4.70. The van der Waals surface area contributed by atoms with Crippen LogP contribution in [-0.2, 0) is 24.2 Å². The largest absolute Gasteiger partial charge is 0.338 e. The number of nitrogens with zero attached hydrogens (tertiary/aromatic N) is 4. The first-order valence-corrected chi connectivity index (χ1v) is 11.7. The van der Waals surface area contributed by atoms with E-state index in [1.807, 2.05) is 38.1 Å². The van der Waals surface area contributed by atoms with Gasteiger partial charge in [0.15, 0.2) is 5.16 Å². The number of hydrogen-bond donors (Lipinski definition) is 1. The van der Waals surface area contributed by atoms with Crippen molar-refractivity contribution in [2.24, 2.45) is 0 Å². The molecule has 9 heteroatoms. The summed E-state index contributed by atoms with van der Waals surface area (Å²) in [5.74, 6) is 1.08. The van der Waals surface area contributed by atoms with Crippen molar-refractivity contribution in [2.45, 2.75) is 43.6 Å². The molecule has 31 heavy (non-hydrogen) atoms. The molecular weight excluding hydrogens is 430 g/mol. The molecule has 7 nitrogen and oxygen atoms in total. The number of aromatic nitrogens is 4. The normalized spacial score (nSPS) is 12.1. The van der Waals surface area contributed by atoms with E-state index in [9.17, 15) is 4.79 Å². The zero-order valence-electron chi connectivity index (χ0n) is 17.3. The van der Waals surface area contributed by atoms with Gasteiger partial charge in [-0.3, -0.25) is 10.1 Å². The van der Waals surface area contributed by atoms with Crippen LogP contribution in [0.25, 0.3) is 0 Å². The second-order valence-electron chi connectivity index (χ2n) is 7.12. The van der Waals surface area contributed by atoms with Crippen LogP contribution in [0.1, 0.15) is 28.9 Å². The van der Waals surface area contributed by atoms with Gasteiger partial charge in [-0.25, -0.2) is 0 Å². The predicted molar refractivity (Wildman–Crippen MR) is 122 cm³/mol. The maximum Gasteiger partial charge on any atom is 0.240 e. The van der Waals surface area contributed by atoms with Gasteiger partial charge in [-0.05, 0) is 37.3 Å². The molecule has 1 unspecified atom stereocenters. The second kappa shape index (κ2) is 9.93. The summed E-state index contributed by atoms with van der Waals surface area (Å²) in [6, 6.07) is 16.2. The van der Waals surface area contributed by atoms with Crippen LogP contribution >= 0.6 is 23.1 Å². The Morgan fingerprint density at radius 2 is 2.06 bits per heavy atom. The van der Waals surface area contributed by atoms with Crippen molar-refractivity contribution in [1.82, 2.24) is 19.9 Å². The zero-order valence-corrected chi connectivity index (χ0v) is 18.9. The molecule has 1 atom stereocenters. The summed E-state index contributed by atoms with van der Waals surface area (Å²) in [6.07, 6.45) is 1.58. The van der Waals surface area contributed by atoms with Crippen LogP contribution in [0.3, 0.4) is 0 Å². The highest BCUT2D eigenvalue weighted by Crippen LogP contribution is 2.25. The fraction of sp³-hybridized carbons (Fsp3) is 0.273. The van der Waals surface area contributed by atoms with E-state index >= 15 is 0 Å². The fourth-order valence-corrected chi connectivity index (χ4v) is 4.67. The number of carbonyl (C=O) groups is 1. The predicted octanol–water partition coefficient (Wildman–Crippen LogP) is 4.59. The highest BCUT2D eigenvalue weighted by Gasteiger charge is 2.21. The Kier molecular flexibility index (Phi) is 6.83. The number of thioether (sulfide) groups is 1. The van der Waals surface area contributed by atoms with Gasteiger partial charge in [0.2, 0.25) is 11.8 Å². The molecule has 0 aliphatic heterocycles. The van der Waals surface area contributed by atoms with Crippen molar-refractivity contribution >= 4 is 34.9 Å². The standard InChI is InChI=1S/C22H23N5O2S2/c1-15-13-20(29-26-15)23-21(28)16(2)31-22-25-24-19(14-18-9-6-12-30-18)27(22)11-10-17-7-4-3-5-8-17/h3-9,12-13,16H,10-11,14H2,1-2H3,(H,23,28). The van der Waals surface area contributed by atoms with Crippen molar-refractivity contribution in [3.63, 3.8) is 0 Å². The molecule has 4 rings (SSSR count). The average Bonchev–Trinajstić information content (AvgIpc) is 3.51. The van der Waals surface area contributed by atoms with Gasteiger partial charge in [-0.2, -0.15) is 0 Å². The number of anilines is 1. The number of hydrogen-bond acceptors (Lipinski definition) is 7. The lowest BCUT2D eigenvalue weighted by Crippen LogP contribution is -2.23. The van der Waals surface area contributed by atoms with Gasteiger partial charge in [-0.1, -0.05) is 53.3 Å². The molecule has 0 aliphatic carbocycles. The lowest BCUT2D eigenvalue weighted by molar-refractivity contribution is -0.115. The summed E-state index contributed by atoms with van der Waals surface area (Å²) in [5.41, 5.74) is 1.97. The van der Waals surface area contributed by atoms with E-state index < -0.39 is 0 Å². The number of carbonyl (C=O) groups excluding carboxylic acids is 1. The van der Waals surface area contributed by atoms with Gasteiger partial charge in [-0.15, -0.1) is 21.5 Å². The van der Waals surface area contributed by atoms with E-state index in [0.29, 0.717) is 5.88 Å². The Hall–Kier alpha value is -2.91. The molecule has 1 N–H and O–H groups in total. The summed E-state index contributed by atoms with van der Waals surface area (Å²) in [7, 11) is 0. The summed E-state index contributed by atoms with van der Waals surface area (Å²) in [6.45, 7) is 4.40. The van der Waals surface area contributed by atoms with E-state index in [1.54, 1.807) is 17.4 Å². The van der Waals surface area contributed by atoms with Gasteiger partial charge in [0.25, 0.3) is 0 Å². The summed E-state index contributed by atoms with van der Waals surface area (Å²) in [5, 5.41) is 17.8. The maximum atomic E-state index is 12.6. The molecule has 0 bridgehead atoms. The minimum atomic E-state index is -0.375. The van der Waals surface area contributed by atoms with Crippen LogP contribution in [0.15, 0.2) is 63.6 Å². The molecule has 0 saturated carbocycles. The van der Waals surface area contributed by atoms with Gasteiger partial charge < -0.3 is 9.09 Å². The second-order valence-corrected chi connectivity index (χ2v) is 9.46. The third kappa shape index (κ3) is 5.62. The van der Waals surface area contributed by atoms with Crippen molar-refractivity contribution < 1.29 is 9.32 Å². The van der Waals surface area contributed by atoms with Crippen molar-refractivity contribution in [3.05, 3.63) is 75.9 Å². The van der Waals surface area contributed by atoms with Crippen molar-refractivity contribution in [2.75, 3.05) is 5.32 Å². The first-order chi connectivity index (χ1) is 15.1. The molecule has 0 saturated heterocycles. The van der Waals surface area contributed by atoms with E-state index in [2.05, 4.69) is 48.8 Å². The molecule has 0 radical (unpaired) electrons. The lowest BCUT2D eigenvalue weighted by Gasteiger charge is -2.13. The summed E-state index contributed by atoms with van der Waals surface area (Å²) < 4.78 is 7.21. The number of thiophene rings is 1. The van der Waals surface area contributed by atoms with Gasteiger partial charge >= 0.3 is 0 Å². The maximum absolute atomic E-state index is 12.6. The molecule has 4 aromatic rings. The van der Waals surface area contributed by atoms with Gasteiger partial charge in [0, 0.05) is 23.9 Å². The molecule has 0 fully saturated rings. The van der Waals surface area contributed by atoms with Crippen LogP contribution in [-0.4, -0.2) is 31.1 Å². The number of nitrogens with one attached hydrogen (secondary N) is 1. The minimum absolute atomic E-state index is 0.168. The first kappa shape index (κ1) is 21.3. The van der Waals surface area contributed by atoms with Gasteiger partial charge in [0.05, 0.1) is 10.9 Å². The van der Waals surface area contributed by atoms with E-state index in [-0.39, 0.29) is 11.2 Å². The lowest BCUT2D eigenvalue weighted by atomic mass is 10.1. The topological polar surface area (TPSA) is 85.8 Å². The number of amides is 1. The Labute approximate surface area is 188 Å². The van der Waals surface area contributed by atoms with Crippen LogP contribution < -0.4 is 5.32 Å². The Morgan fingerprint density at radius 3 is 2.77 bits per heavy atom. The molecule has 1 aromatic carbocycles. The van der Waals surface area contributed by atoms with Crippen LogP contribution in [0.4, 0.5) is 5.88 Å².